The summed E-state index contributed by atoms with van der Waals surface area (Å²) in [7, 11) is 3.37. The predicted octanol–water partition coefficient (Wildman–Crippen LogP) is 5.33. The van der Waals surface area contributed by atoms with Crippen LogP contribution in [0.5, 0.6) is 11.5 Å². The van der Waals surface area contributed by atoms with Gasteiger partial charge in [0.1, 0.15) is 11.5 Å². The standard InChI is InChI=1S/C28H38O4/c1-31-23-9-3-7-21(19-23)13-17-27(29)15-5-12-26-25(27)11-6-16-28(26,30)18-14-22-8-4-10-24(20-22)32-2/h3-4,7-10,19-20,25-26,29-30H,5-6,11-18H2,1-2H3/t25-,26+,27-,28-/m1/s1. The Hall–Kier alpha value is -2.04. The lowest BCUT2D eigenvalue weighted by molar-refractivity contribution is -0.167. The fraction of sp³-hybridized carbons (Fsp3) is 0.571. The van der Waals surface area contributed by atoms with Gasteiger partial charge in [-0.15, -0.1) is 0 Å². The first-order valence-corrected chi connectivity index (χ1v) is 12.2. The smallest absolute Gasteiger partial charge is 0.119 e. The Labute approximate surface area is 192 Å². The topological polar surface area (TPSA) is 58.9 Å². The van der Waals surface area contributed by atoms with Gasteiger partial charge in [-0.2, -0.15) is 0 Å². The van der Waals surface area contributed by atoms with E-state index in [4.69, 9.17) is 9.47 Å². The summed E-state index contributed by atoms with van der Waals surface area (Å²) in [5, 5.41) is 23.6. The second-order valence-electron chi connectivity index (χ2n) is 9.91. The molecule has 4 atom stereocenters. The molecule has 2 saturated carbocycles. The van der Waals surface area contributed by atoms with Gasteiger partial charge in [0.05, 0.1) is 25.4 Å². The van der Waals surface area contributed by atoms with Crippen LogP contribution in [0.2, 0.25) is 0 Å². The molecule has 0 amide bonds. The van der Waals surface area contributed by atoms with E-state index in [2.05, 4.69) is 24.3 Å². The van der Waals surface area contributed by atoms with Crippen LogP contribution in [0.25, 0.3) is 0 Å². The lowest BCUT2D eigenvalue weighted by Crippen LogP contribution is -2.56. The molecule has 2 aliphatic carbocycles. The van der Waals surface area contributed by atoms with E-state index in [1.165, 1.54) is 11.1 Å². The van der Waals surface area contributed by atoms with Gasteiger partial charge in [0.25, 0.3) is 0 Å². The van der Waals surface area contributed by atoms with Crippen molar-refractivity contribution >= 4 is 0 Å². The van der Waals surface area contributed by atoms with Gasteiger partial charge in [0.2, 0.25) is 0 Å². The first-order valence-electron chi connectivity index (χ1n) is 12.2. The SMILES string of the molecule is COc1cccc(CC[C@]2(O)CCC[C@H]3[C@H]2CCC[C@@]3(O)CCc2cccc(OC)c2)c1. The van der Waals surface area contributed by atoms with E-state index in [1.807, 2.05) is 24.3 Å². The first-order chi connectivity index (χ1) is 15.5. The molecule has 0 aliphatic heterocycles. The highest BCUT2D eigenvalue weighted by Crippen LogP contribution is 2.53. The van der Waals surface area contributed by atoms with Crippen molar-refractivity contribution in [1.29, 1.82) is 0 Å². The molecule has 0 spiro atoms. The van der Waals surface area contributed by atoms with Gasteiger partial charge >= 0.3 is 0 Å². The zero-order valence-corrected chi connectivity index (χ0v) is 19.6. The van der Waals surface area contributed by atoms with Gasteiger partial charge in [-0.25, -0.2) is 0 Å². The molecule has 2 aromatic carbocycles. The van der Waals surface area contributed by atoms with Gasteiger partial charge in [0.15, 0.2) is 0 Å². The average Bonchev–Trinajstić information content (AvgIpc) is 2.83. The van der Waals surface area contributed by atoms with Gasteiger partial charge in [-0.05, 0) is 98.6 Å². The minimum absolute atomic E-state index is 0.172. The molecule has 174 valence electrons. The van der Waals surface area contributed by atoms with Crippen LogP contribution in [0.15, 0.2) is 48.5 Å². The van der Waals surface area contributed by atoms with Crippen molar-refractivity contribution in [1.82, 2.24) is 0 Å². The van der Waals surface area contributed by atoms with Gasteiger partial charge in [-0.3, -0.25) is 0 Å². The fourth-order valence-electron chi connectivity index (χ4n) is 6.31. The Bertz CT molecular complexity index is 823. The molecule has 2 aliphatic rings. The maximum atomic E-state index is 11.8. The molecule has 2 fully saturated rings. The van der Waals surface area contributed by atoms with Crippen molar-refractivity contribution < 1.29 is 19.7 Å². The minimum Gasteiger partial charge on any atom is -0.497 e. The molecular weight excluding hydrogens is 400 g/mol. The summed E-state index contributed by atoms with van der Waals surface area (Å²) in [4.78, 5) is 0. The first kappa shape index (κ1) is 23.1. The van der Waals surface area contributed by atoms with E-state index < -0.39 is 11.2 Å². The number of methoxy groups -OCH3 is 2. The van der Waals surface area contributed by atoms with Crippen molar-refractivity contribution in [2.75, 3.05) is 14.2 Å². The highest BCUT2D eigenvalue weighted by molar-refractivity contribution is 5.29. The van der Waals surface area contributed by atoms with Crippen molar-refractivity contribution in [2.24, 2.45) is 11.8 Å². The summed E-state index contributed by atoms with van der Waals surface area (Å²) < 4.78 is 10.7. The van der Waals surface area contributed by atoms with E-state index in [0.29, 0.717) is 0 Å². The second-order valence-corrected chi connectivity index (χ2v) is 9.91. The van der Waals surface area contributed by atoms with Crippen molar-refractivity contribution in [3.05, 3.63) is 59.7 Å². The average molecular weight is 439 g/mol. The molecule has 2 aromatic rings. The molecule has 0 saturated heterocycles. The highest BCUT2D eigenvalue weighted by atomic mass is 16.5. The maximum Gasteiger partial charge on any atom is 0.119 e. The number of hydrogen-bond donors (Lipinski definition) is 2. The van der Waals surface area contributed by atoms with E-state index in [0.717, 1.165) is 75.7 Å². The Kier molecular flexibility index (Phi) is 7.11. The Morgan fingerprint density at radius 2 is 1.19 bits per heavy atom. The molecule has 4 rings (SSSR count). The van der Waals surface area contributed by atoms with Crippen molar-refractivity contribution in [2.45, 2.75) is 75.4 Å². The van der Waals surface area contributed by atoms with Crippen molar-refractivity contribution in [3.8, 4) is 11.5 Å². The summed E-state index contributed by atoms with van der Waals surface area (Å²) in [6, 6.07) is 16.3. The van der Waals surface area contributed by atoms with Crippen LogP contribution in [0.3, 0.4) is 0 Å². The number of benzene rings is 2. The van der Waals surface area contributed by atoms with Gasteiger partial charge < -0.3 is 19.7 Å². The molecule has 0 unspecified atom stereocenters. The normalized spacial score (nSPS) is 29.9. The number of ether oxygens (including phenoxy) is 2. The number of aliphatic hydroxyl groups is 2. The summed E-state index contributed by atoms with van der Waals surface area (Å²) in [5.74, 6) is 2.07. The minimum atomic E-state index is -0.698. The van der Waals surface area contributed by atoms with Crippen LogP contribution in [-0.4, -0.2) is 35.6 Å². The maximum absolute atomic E-state index is 11.8. The summed E-state index contributed by atoms with van der Waals surface area (Å²) in [6.07, 6.45) is 8.82. The summed E-state index contributed by atoms with van der Waals surface area (Å²) >= 11 is 0. The largest absolute Gasteiger partial charge is 0.497 e. The van der Waals surface area contributed by atoms with Crippen molar-refractivity contribution in [3.63, 3.8) is 0 Å². The molecule has 0 radical (unpaired) electrons. The third-order valence-electron chi connectivity index (χ3n) is 8.08. The lowest BCUT2D eigenvalue weighted by atomic mass is 9.56. The number of hydrogen-bond acceptors (Lipinski definition) is 4. The van der Waals surface area contributed by atoms with Crippen LogP contribution in [0.4, 0.5) is 0 Å². The molecule has 0 heterocycles. The Morgan fingerprint density at radius 3 is 1.59 bits per heavy atom. The number of aryl methyl sites for hydroxylation is 2. The molecule has 32 heavy (non-hydrogen) atoms. The Morgan fingerprint density at radius 1 is 0.750 bits per heavy atom. The van der Waals surface area contributed by atoms with Crippen LogP contribution < -0.4 is 9.47 Å². The van der Waals surface area contributed by atoms with Crippen LogP contribution in [0, 0.1) is 11.8 Å². The zero-order chi connectivity index (χ0) is 22.6. The predicted molar refractivity (Wildman–Crippen MR) is 127 cm³/mol. The molecule has 0 bridgehead atoms. The van der Waals surface area contributed by atoms with E-state index >= 15 is 0 Å². The molecular formula is C28H38O4. The van der Waals surface area contributed by atoms with E-state index in [-0.39, 0.29) is 11.8 Å². The van der Waals surface area contributed by atoms with Gasteiger partial charge in [-0.1, -0.05) is 37.1 Å². The third-order valence-corrected chi connectivity index (χ3v) is 8.08. The monoisotopic (exact) mass is 438 g/mol. The summed E-state index contributed by atoms with van der Waals surface area (Å²) in [6.45, 7) is 0. The van der Waals surface area contributed by atoms with Gasteiger partial charge in [0, 0.05) is 0 Å². The number of fused-ring (bicyclic) bond motifs is 1. The zero-order valence-electron chi connectivity index (χ0n) is 19.6. The third kappa shape index (κ3) is 4.97. The second kappa shape index (κ2) is 9.84. The number of rotatable bonds is 8. The molecule has 4 heteroatoms. The lowest BCUT2D eigenvalue weighted by Gasteiger charge is -2.54. The molecule has 0 aromatic heterocycles. The molecule has 4 nitrogen and oxygen atoms in total. The van der Waals surface area contributed by atoms with E-state index in [1.54, 1.807) is 14.2 Å². The molecule has 2 N–H and O–H groups in total. The Balaban J connectivity index is 1.45. The van der Waals surface area contributed by atoms with Crippen LogP contribution in [-0.2, 0) is 12.8 Å². The van der Waals surface area contributed by atoms with Crippen LogP contribution >= 0.6 is 0 Å². The quantitative estimate of drug-likeness (QED) is 0.585. The fourth-order valence-corrected chi connectivity index (χ4v) is 6.31. The summed E-state index contributed by atoms with van der Waals surface area (Å²) in [5.41, 5.74) is 1.00. The van der Waals surface area contributed by atoms with Crippen LogP contribution in [0.1, 0.15) is 62.5 Å². The highest BCUT2D eigenvalue weighted by Gasteiger charge is 2.53. The van der Waals surface area contributed by atoms with E-state index in [9.17, 15) is 10.2 Å².